The van der Waals surface area contributed by atoms with E-state index in [0.717, 1.165) is 18.4 Å². The van der Waals surface area contributed by atoms with E-state index in [1.165, 1.54) is 13.0 Å². The molecule has 10 heteroatoms. The Kier molecular flexibility index (Phi) is 12.8. The first kappa shape index (κ1) is 37.4. The van der Waals surface area contributed by atoms with Crippen molar-refractivity contribution in [2.24, 2.45) is 17.8 Å². The van der Waals surface area contributed by atoms with Gasteiger partial charge in [-0.05, 0) is 48.7 Å². The maximum Gasteiger partial charge on any atom is 0.343 e. The average Bonchev–Trinajstić information content (AvgIpc) is 3.22. The van der Waals surface area contributed by atoms with E-state index >= 15 is 0 Å². The van der Waals surface area contributed by atoms with Crippen LogP contribution in [0.4, 0.5) is 0 Å². The number of fused-ring (bicyclic) bond motifs is 2. The fourth-order valence-electron chi connectivity index (χ4n) is 6.76. The van der Waals surface area contributed by atoms with E-state index in [1.54, 1.807) is 13.0 Å². The Bertz CT molecular complexity index is 1250. The maximum absolute atomic E-state index is 13.1. The van der Waals surface area contributed by atoms with Gasteiger partial charge in [0.2, 0.25) is 5.60 Å². The summed E-state index contributed by atoms with van der Waals surface area (Å²) >= 11 is 0. The standard InChI is InChI=1S/C36H52O10/c1-8-18-34(42)22-43-35(19-17-25(5)30(44-27(7)37)26(6)21-28-13-11-10-12-14-28)31(39)32(36(34,46-35)33(40)41)45-29(38)16-15-24(4)20-23(3)9-2/h10-16,23-24,26,30-32,39,42H,5,8-9,17-22H2,1-4,6-7H3,(H,40,41)/b16-15+/t23-,24+,26+,30+,31+,32+,34?,35?,36?/m0/s1. The van der Waals surface area contributed by atoms with Crippen LogP contribution in [0.15, 0.2) is 54.6 Å². The van der Waals surface area contributed by atoms with Gasteiger partial charge < -0.3 is 34.3 Å². The predicted octanol–water partition coefficient (Wildman–Crippen LogP) is 5.15. The number of rotatable bonds is 17. The Morgan fingerprint density at radius 2 is 1.80 bits per heavy atom. The molecular weight excluding hydrogens is 592 g/mol. The third-order valence-corrected chi connectivity index (χ3v) is 9.38. The van der Waals surface area contributed by atoms with Gasteiger partial charge in [-0.15, -0.1) is 0 Å². The van der Waals surface area contributed by atoms with Crippen LogP contribution in [0, 0.1) is 17.8 Å². The van der Waals surface area contributed by atoms with Crippen molar-refractivity contribution in [3.8, 4) is 0 Å². The molecule has 2 bridgehead atoms. The lowest BCUT2D eigenvalue weighted by Crippen LogP contribution is -2.70. The topological polar surface area (TPSA) is 149 Å². The van der Waals surface area contributed by atoms with Crippen molar-refractivity contribution in [1.29, 1.82) is 0 Å². The molecule has 0 spiro atoms. The molecule has 0 radical (unpaired) electrons. The monoisotopic (exact) mass is 644 g/mol. The number of carboxylic acid groups (broad SMARTS) is 1. The minimum absolute atomic E-state index is 0.0455. The van der Waals surface area contributed by atoms with Crippen LogP contribution >= 0.6 is 0 Å². The van der Waals surface area contributed by atoms with Crippen molar-refractivity contribution in [1.82, 2.24) is 0 Å². The quantitative estimate of drug-likeness (QED) is 0.118. The normalized spacial score (nSPS) is 29.9. The summed E-state index contributed by atoms with van der Waals surface area (Å²) in [6, 6.07) is 9.73. The number of hydrogen-bond acceptors (Lipinski definition) is 9. The van der Waals surface area contributed by atoms with E-state index in [4.69, 9.17) is 18.9 Å². The lowest BCUT2D eigenvalue weighted by molar-refractivity contribution is -0.361. The second kappa shape index (κ2) is 15.7. The van der Waals surface area contributed by atoms with E-state index in [-0.39, 0.29) is 31.1 Å². The number of aliphatic hydroxyl groups is 2. The first-order valence-corrected chi connectivity index (χ1v) is 16.4. The molecule has 1 aromatic rings. The Morgan fingerprint density at radius 3 is 2.39 bits per heavy atom. The van der Waals surface area contributed by atoms with Crippen LogP contribution in [0.25, 0.3) is 0 Å². The van der Waals surface area contributed by atoms with E-state index in [9.17, 15) is 29.7 Å². The van der Waals surface area contributed by atoms with E-state index < -0.39 is 59.8 Å². The zero-order valence-electron chi connectivity index (χ0n) is 28.1. The van der Waals surface area contributed by atoms with Gasteiger partial charge in [-0.1, -0.05) is 90.4 Å². The van der Waals surface area contributed by atoms with Crippen LogP contribution in [-0.2, 0) is 39.8 Å². The lowest BCUT2D eigenvalue weighted by atomic mass is 9.76. The molecule has 2 aliphatic rings. The number of carbonyl (C=O) groups is 3. The Balaban J connectivity index is 1.88. The number of carbonyl (C=O) groups excluding carboxylic acids is 2. The van der Waals surface area contributed by atoms with Crippen molar-refractivity contribution >= 4 is 17.9 Å². The van der Waals surface area contributed by atoms with Crippen molar-refractivity contribution in [3.63, 3.8) is 0 Å². The van der Waals surface area contributed by atoms with Gasteiger partial charge in [-0.25, -0.2) is 9.59 Å². The molecule has 0 saturated carbocycles. The summed E-state index contributed by atoms with van der Waals surface area (Å²) in [5.41, 5.74) is -3.03. The van der Waals surface area contributed by atoms with Crippen LogP contribution in [0.5, 0.6) is 0 Å². The van der Waals surface area contributed by atoms with Gasteiger partial charge in [-0.2, -0.15) is 0 Å². The third kappa shape index (κ3) is 8.08. The van der Waals surface area contributed by atoms with Gasteiger partial charge in [0.1, 0.15) is 17.8 Å². The second-order valence-electron chi connectivity index (χ2n) is 13.3. The van der Waals surface area contributed by atoms with Gasteiger partial charge in [0.05, 0.1) is 6.61 Å². The highest BCUT2D eigenvalue weighted by Gasteiger charge is 2.79. The van der Waals surface area contributed by atoms with Crippen LogP contribution in [0.1, 0.15) is 85.6 Å². The number of ether oxygens (including phenoxy) is 4. The number of esters is 2. The van der Waals surface area contributed by atoms with Crippen molar-refractivity contribution < 1.29 is 48.7 Å². The summed E-state index contributed by atoms with van der Waals surface area (Å²) < 4.78 is 23.4. The molecule has 2 aliphatic heterocycles. The van der Waals surface area contributed by atoms with E-state index in [2.05, 4.69) is 20.4 Å². The zero-order valence-corrected chi connectivity index (χ0v) is 28.1. The summed E-state index contributed by atoms with van der Waals surface area (Å²) in [4.78, 5) is 38.1. The smallest absolute Gasteiger partial charge is 0.343 e. The predicted molar refractivity (Wildman–Crippen MR) is 171 cm³/mol. The van der Waals surface area contributed by atoms with Gasteiger partial charge in [0.25, 0.3) is 0 Å². The summed E-state index contributed by atoms with van der Waals surface area (Å²) in [6.45, 7) is 14.9. The number of allylic oxidation sites excluding steroid dienone is 1. The molecule has 2 heterocycles. The number of benzene rings is 1. The molecule has 0 aliphatic carbocycles. The van der Waals surface area contributed by atoms with Gasteiger partial charge in [0.15, 0.2) is 11.9 Å². The molecule has 1 aromatic carbocycles. The molecule has 3 rings (SSSR count). The van der Waals surface area contributed by atoms with Gasteiger partial charge >= 0.3 is 17.9 Å². The van der Waals surface area contributed by atoms with E-state index in [0.29, 0.717) is 24.3 Å². The molecule has 3 N–H and O–H groups in total. The Labute approximate surface area is 272 Å². The van der Waals surface area contributed by atoms with E-state index in [1.807, 2.05) is 44.2 Å². The summed E-state index contributed by atoms with van der Waals surface area (Å²) in [5, 5.41) is 33.9. The third-order valence-electron chi connectivity index (χ3n) is 9.38. The highest BCUT2D eigenvalue weighted by molar-refractivity contribution is 5.85. The summed E-state index contributed by atoms with van der Waals surface area (Å²) in [6.07, 6.45) is 1.48. The fraction of sp³-hybridized carbons (Fsp3) is 0.639. The number of aliphatic carboxylic acids is 1. The molecule has 256 valence electrons. The summed E-state index contributed by atoms with van der Waals surface area (Å²) in [7, 11) is 0. The Hall–Kier alpha value is -3.05. The second-order valence-corrected chi connectivity index (χ2v) is 13.3. The SMILES string of the molecule is C=C(CCC12OCC(O)(CCC)C(C(=O)O)(O1)[C@H](OC(=O)/C=C/[C@@H](C)C[C@@H](C)CC)[C@H]2O)[C@@H](OC(C)=O)[C@H](C)Cc1ccccc1. The molecule has 2 fully saturated rings. The first-order valence-electron chi connectivity index (χ1n) is 16.4. The van der Waals surface area contributed by atoms with Gasteiger partial charge in [-0.3, -0.25) is 4.79 Å². The molecule has 10 nitrogen and oxygen atoms in total. The number of aliphatic hydroxyl groups excluding tert-OH is 1. The number of carboxylic acids is 1. The molecular formula is C36H52O10. The fourth-order valence-corrected chi connectivity index (χ4v) is 6.76. The molecule has 3 unspecified atom stereocenters. The first-order chi connectivity index (χ1) is 21.6. The minimum Gasteiger partial charge on any atom is -0.479 e. The van der Waals surface area contributed by atoms with Crippen molar-refractivity contribution in [3.05, 3.63) is 60.2 Å². The zero-order chi connectivity index (χ0) is 34.3. The highest BCUT2D eigenvalue weighted by atomic mass is 16.8. The van der Waals surface area contributed by atoms with Gasteiger partial charge in [0, 0.05) is 25.3 Å². The molecule has 0 amide bonds. The molecule has 0 aromatic heterocycles. The molecule has 46 heavy (non-hydrogen) atoms. The van der Waals surface area contributed by atoms with Crippen molar-refractivity contribution in [2.75, 3.05) is 6.61 Å². The largest absolute Gasteiger partial charge is 0.479 e. The van der Waals surface area contributed by atoms with Crippen LogP contribution in [0.2, 0.25) is 0 Å². The maximum atomic E-state index is 13.1. The summed E-state index contributed by atoms with van der Waals surface area (Å²) in [5.74, 6) is -4.51. The molecule has 2 saturated heterocycles. The van der Waals surface area contributed by atoms with Crippen LogP contribution < -0.4 is 0 Å². The average molecular weight is 645 g/mol. The highest BCUT2D eigenvalue weighted by Crippen LogP contribution is 2.54. The van der Waals surface area contributed by atoms with Crippen LogP contribution in [0.3, 0.4) is 0 Å². The van der Waals surface area contributed by atoms with Crippen molar-refractivity contribution in [2.45, 2.75) is 122 Å². The molecule has 9 atom stereocenters. The minimum atomic E-state index is -2.50. The number of hydrogen-bond donors (Lipinski definition) is 3. The lowest BCUT2D eigenvalue weighted by Gasteiger charge is -2.48. The Morgan fingerprint density at radius 1 is 1.13 bits per heavy atom. The van der Waals surface area contributed by atoms with Crippen LogP contribution in [-0.4, -0.2) is 75.1 Å².